The van der Waals surface area contributed by atoms with Crippen molar-refractivity contribution in [3.05, 3.63) is 11.6 Å². The summed E-state index contributed by atoms with van der Waals surface area (Å²) in [5.41, 5.74) is 0.440. The van der Waals surface area contributed by atoms with Crippen molar-refractivity contribution in [1.29, 1.82) is 0 Å². The Morgan fingerprint density at radius 2 is 2.00 bits per heavy atom. The fourth-order valence-electron chi connectivity index (χ4n) is 2.27. The molecule has 0 unspecified atom stereocenters. The monoisotopic (exact) mass is 225 g/mol. The molecule has 1 aliphatic carbocycles. The van der Waals surface area contributed by atoms with Crippen molar-refractivity contribution in [3.8, 4) is 0 Å². The number of nitrogens with zero attached hydrogens (tertiary/aromatic N) is 1. The highest BCUT2D eigenvalue weighted by Gasteiger charge is 2.14. The lowest BCUT2D eigenvalue weighted by molar-refractivity contribution is -0.132. The van der Waals surface area contributed by atoms with Crippen LogP contribution in [0.1, 0.15) is 39.0 Å². The Labute approximate surface area is 98.1 Å². The molecule has 0 saturated heterocycles. The normalized spacial score (nSPS) is 19.1. The minimum Gasteiger partial charge on any atom is -0.478 e. The van der Waals surface area contributed by atoms with Crippen LogP contribution >= 0.6 is 0 Å². The molecular weight excluding hydrogens is 202 g/mol. The van der Waals surface area contributed by atoms with E-state index in [-0.39, 0.29) is 0 Å². The van der Waals surface area contributed by atoms with Gasteiger partial charge < -0.3 is 10.0 Å². The van der Waals surface area contributed by atoms with Crippen molar-refractivity contribution in [1.82, 2.24) is 4.90 Å². The molecule has 0 amide bonds. The van der Waals surface area contributed by atoms with Gasteiger partial charge in [-0.2, -0.15) is 0 Å². The number of carboxylic acid groups (broad SMARTS) is 1. The predicted octanol–water partition coefficient (Wildman–Crippen LogP) is 2.53. The molecule has 0 aromatic carbocycles. The van der Waals surface area contributed by atoms with Gasteiger partial charge in [-0.3, -0.25) is 0 Å². The molecule has 3 nitrogen and oxygen atoms in total. The average molecular weight is 225 g/mol. The number of hydrogen-bond acceptors (Lipinski definition) is 2. The van der Waals surface area contributed by atoms with E-state index in [2.05, 4.69) is 11.9 Å². The van der Waals surface area contributed by atoms with E-state index in [1.165, 1.54) is 32.1 Å². The summed E-state index contributed by atoms with van der Waals surface area (Å²) in [4.78, 5) is 12.8. The molecule has 1 saturated carbocycles. The molecule has 0 aromatic rings. The quantitative estimate of drug-likeness (QED) is 0.731. The van der Waals surface area contributed by atoms with Crippen LogP contribution in [0.4, 0.5) is 0 Å². The highest BCUT2D eigenvalue weighted by molar-refractivity contribution is 5.85. The van der Waals surface area contributed by atoms with Crippen molar-refractivity contribution in [2.45, 2.75) is 39.0 Å². The Hall–Kier alpha value is -0.830. The molecule has 0 atom stereocenters. The maximum Gasteiger partial charge on any atom is 0.330 e. The Kier molecular flexibility index (Phi) is 5.53. The molecule has 1 aliphatic rings. The first-order chi connectivity index (χ1) is 7.59. The van der Waals surface area contributed by atoms with Crippen LogP contribution in [-0.4, -0.2) is 36.1 Å². The van der Waals surface area contributed by atoms with Crippen LogP contribution in [0.25, 0.3) is 0 Å². The smallest absolute Gasteiger partial charge is 0.330 e. The average Bonchev–Trinajstić information content (AvgIpc) is 2.27. The number of carbonyl (C=O) groups is 1. The number of rotatable bonds is 5. The fraction of sp³-hybridized carbons (Fsp3) is 0.769. The highest BCUT2D eigenvalue weighted by Crippen LogP contribution is 2.23. The van der Waals surface area contributed by atoms with Crippen molar-refractivity contribution in [2.24, 2.45) is 5.92 Å². The standard InChI is InChI=1S/C13H23NO2/c1-11(13(15)16)8-9-14(2)10-12-6-4-3-5-7-12/h8,12H,3-7,9-10H2,1-2H3,(H,15,16). The number of likely N-dealkylation sites (N-methyl/N-ethyl adjacent to an activating group) is 1. The third-order valence-corrected chi connectivity index (χ3v) is 3.34. The zero-order chi connectivity index (χ0) is 12.0. The van der Waals surface area contributed by atoms with E-state index in [1.54, 1.807) is 13.0 Å². The Morgan fingerprint density at radius 3 is 2.56 bits per heavy atom. The largest absolute Gasteiger partial charge is 0.478 e. The molecule has 16 heavy (non-hydrogen) atoms. The maximum absolute atomic E-state index is 10.6. The summed E-state index contributed by atoms with van der Waals surface area (Å²) in [6.45, 7) is 3.49. The molecular formula is C13H23NO2. The Balaban J connectivity index is 2.26. The molecule has 1 rings (SSSR count). The zero-order valence-corrected chi connectivity index (χ0v) is 10.4. The second-order valence-corrected chi connectivity index (χ2v) is 4.92. The highest BCUT2D eigenvalue weighted by atomic mass is 16.4. The van der Waals surface area contributed by atoms with E-state index in [0.717, 1.165) is 19.0 Å². The molecule has 0 radical (unpaired) electrons. The summed E-state index contributed by atoms with van der Waals surface area (Å²) >= 11 is 0. The Bertz CT molecular complexity index is 255. The number of aliphatic carboxylic acids is 1. The molecule has 0 spiro atoms. The van der Waals surface area contributed by atoms with Crippen molar-refractivity contribution in [3.63, 3.8) is 0 Å². The van der Waals surface area contributed by atoms with Crippen LogP contribution in [-0.2, 0) is 4.79 Å². The van der Waals surface area contributed by atoms with Gasteiger partial charge in [-0.25, -0.2) is 4.79 Å². The summed E-state index contributed by atoms with van der Waals surface area (Å²) in [5.74, 6) is 0.00310. The third-order valence-electron chi connectivity index (χ3n) is 3.34. The lowest BCUT2D eigenvalue weighted by atomic mass is 9.89. The van der Waals surface area contributed by atoms with Crippen LogP contribution in [0.3, 0.4) is 0 Å². The first-order valence-corrected chi connectivity index (χ1v) is 6.18. The molecule has 0 bridgehead atoms. The lowest BCUT2D eigenvalue weighted by Crippen LogP contribution is -2.27. The topological polar surface area (TPSA) is 40.5 Å². The van der Waals surface area contributed by atoms with E-state index in [9.17, 15) is 4.79 Å². The minimum atomic E-state index is -0.814. The Morgan fingerprint density at radius 1 is 1.38 bits per heavy atom. The van der Waals surface area contributed by atoms with Gasteiger partial charge in [0.2, 0.25) is 0 Å². The van der Waals surface area contributed by atoms with Gasteiger partial charge in [0, 0.05) is 18.7 Å². The van der Waals surface area contributed by atoms with E-state index in [4.69, 9.17) is 5.11 Å². The second kappa shape index (κ2) is 6.69. The zero-order valence-electron chi connectivity index (χ0n) is 10.4. The lowest BCUT2D eigenvalue weighted by Gasteiger charge is -2.26. The predicted molar refractivity (Wildman–Crippen MR) is 65.5 cm³/mol. The summed E-state index contributed by atoms with van der Waals surface area (Å²) in [7, 11) is 2.07. The molecule has 1 N–H and O–H groups in total. The van der Waals surface area contributed by atoms with Gasteiger partial charge in [-0.15, -0.1) is 0 Å². The summed E-state index contributed by atoms with van der Waals surface area (Å²) < 4.78 is 0. The van der Waals surface area contributed by atoms with Crippen LogP contribution in [0, 0.1) is 5.92 Å². The third kappa shape index (κ3) is 4.79. The molecule has 0 aliphatic heterocycles. The van der Waals surface area contributed by atoms with Gasteiger partial charge in [-0.1, -0.05) is 25.3 Å². The molecule has 0 heterocycles. The fourth-order valence-corrected chi connectivity index (χ4v) is 2.27. The van der Waals surface area contributed by atoms with Gasteiger partial charge >= 0.3 is 5.97 Å². The van der Waals surface area contributed by atoms with Crippen LogP contribution in [0.2, 0.25) is 0 Å². The van der Waals surface area contributed by atoms with Crippen molar-refractivity contribution in [2.75, 3.05) is 20.1 Å². The van der Waals surface area contributed by atoms with Gasteiger partial charge in [0.1, 0.15) is 0 Å². The van der Waals surface area contributed by atoms with Crippen LogP contribution in [0.15, 0.2) is 11.6 Å². The number of hydrogen-bond donors (Lipinski definition) is 1. The van der Waals surface area contributed by atoms with Gasteiger partial charge in [0.15, 0.2) is 0 Å². The van der Waals surface area contributed by atoms with E-state index in [0.29, 0.717) is 5.57 Å². The molecule has 1 fully saturated rings. The van der Waals surface area contributed by atoms with Crippen molar-refractivity contribution >= 4 is 5.97 Å². The van der Waals surface area contributed by atoms with Gasteiger partial charge in [0.25, 0.3) is 0 Å². The SMILES string of the molecule is CC(=CCN(C)CC1CCCCC1)C(=O)O. The first-order valence-electron chi connectivity index (χ1n) is 6.18. The summed E-state index contributed by atoms with van der Waals surface area (Å²) in [5, 5.41) is 8.73. The molecule has 3 heteroatoms. The first kappa shape index (κ1) is 13.2. The minimum absolute atomic E-state index is 0.440. The summed E-state index contributed by atoms with van der Waals surface area (Å²) in [6.07, 6.45) is 8.59. The van der Waals surface area contributed by atoms with E-state index >= 15 is 0 Å². The molecule has 92 valence electrons. The van der Waals surface area contributed by atoms with E-state index in [1.807, 2.05) is 0 Å². The van der Waals surface area contributed by atoms with Crippen LogP contribution in [0.5, 0.6) is 0 Å². The van der Waals surface area contributed by atoms with Crippen LogP contribution < -0.4 is 0 Å². The van der Waals surface area contributed by atoms with Gasteiger partial charge in [-0.05, 0) is 32.7 Å². The molecule has 0 aromatic heterocycles. The maximum atomic E-state index is 10.6. The van der Waals surface area contributed by atoms with Gasteiger partial charge in [0.05, 0.1) is 0 Å². The second-order valence-electron chi connectivity index (χ2n) is 4.92. The van der Waals surface area contributed by atoms with Crippen molar-refractivity contribution < 1.29 is 9.90 Å². The van der Waals surface area contributed by atoms with E-state index < -0.39 is 5.97 Å². The summed E-state index contributed by atoms with van der Waals surface area (Å²) in [6, 6.07) is 0. The number of carboxylic acids is 1.